The SMILES string of the molecule is Cc1cc(NCCC(C)(C)C)ncc1[N+](=O)[O-]. The maximum absolute atomic E-state index is 10.6. The molecule has 1 aromatic heterocycles. The molecular formula is C12H19N3O2. The number of rotatable bonds is 4. The normalized spacial score (nSPS) is 11.3. The zero-order valence-corrected chi connectivity index (χ0v) is 10.8. The summed E-state index contributed by atoms with van der Waals surface area (Å²) in [7, 11) is 0. The van der Waals surface area contributed by atoms with Crippen LogP contribution in [-0.4, -0.2) is 16.5 Å². The highest BCUT2D eigenvalue weighted by atomic mass is 16.6. The number of hydrogen-bond acceptors (Lipinski definition) is 4. The first-order chi connectivity index (χ1) is 7.79. The standard InChI is InChI=1S/C12H19N3O2/c1-9-7-11(13-6-5-12(2,3)4)14-8-10(9)15(16)17/h7-8H,5-6H2,1-4H3,(H,13,14). The van der Waals surface area contributed by atoms with Gasteiger partial charge in [0, 0.05) is 12.1 Å². The molecule has 0 aliphatic carbocycles. The monoisotopic (exact) mass is 237 g/mol. The van der Waals surface area contributed by atoms with Gasteiger partial charge in [0.05, 0.1) is 4.92 Å². The maximum atomic E-state index is 10.6. The second-order valence-electron chi connectivity index (χ2n) is 5.35. The van der Waals surface area contributed by atoms with Gasteiger partial charge in [0.15, 0.2) is 0 Å². The van der Waals surface area contributed by atoms with Gasteiger partial charge in [-0.2, -0.15) is 0 Å². The third-order valence-electron chi connectivity index (χ3n) is 2.46. The average molecular weight is 237 g/mol. The predicted octanol–water partition coefficient (Wildman–Crippen LogP) is 3.15. The summed E-state index contributed by atoms with van der Waals surface area (Å²) in [6.45, 7) is 9.04. The molecule has 17 heavy (non-hydrogen) atoms. The average Bonchev–Trinajstić information content (AvgIpc) is 2.15. The van der Waals surface area contributed by atoms with E-state index in [2.05, 4.69) is 31.1 Å². The Balaban J connectivity index is 2.62. The van der Waals surface area contributed by atoms with Gasteiger partial charge in [-0.25, -0.2) is 4.98 Å². The molecule has 1 aromatic rings. The van der Waals surface area contributed by atoms with Gasteiger partial charge in [-0.1, -0.05) is 20.8 Å². The smallest absolute Gasteiger partial charge is 0.290 e. The van der Waals surface area contributed by atoms with Crippen LogP contribution in [0.2, 0.25) is 0 Å². The van der Waals surface area contributed by atoms with Gasteiger partial charge in [-0.05, 0) is 24.8 Å². The number of nitrogens with zero attached hydrogens (tertiary/aromatic N) is 2. The van der Waals surface area contributed by atoms with Crippen molar-refractivity contribution in [1.29, 1.82) is 0 Å². The molecule has 0 atom stereocenters. The van der Waals surface area contributed by atoms with E-state index < -0.39 is 4.92 Å². The Morgan fingerprint density at radius 2 is 2.12 bits per heavy atom. The van der Waals surface area contributed by atoms with Crippen molar-refractivity contribution in [2.45, 2.75) is 34.1 Å². The quantitative estimate of drug-likeness (QED) is 0.645. The van der Waals surface area contributed by atoms with Crippen LogP contribution in [0.15, 0.2) is 12.3 Å². The van der Waals surface area contributed by atoms with Crippen molar-refractivity contribution in [2.75, 3.05) is 11.9 Å². The molecule has 0 unspecified atom stereocenters. The summed E-state index contributed by atoms with van der Waals surface area (Å²) in [5.41, 5.74) is 0.956. The molecule has 5 heteroatoms. The molecule has 0 radical (unpaired) electrons. The molecule has 0 spiro atoms. The van der Waals surface area contributed by atoms with E-state index in [1.165, 1.54) is 6.20 Å². The van der Waals surface area contributed by atoms with Crippen molar-refractivity contribution < 1.29 is 4.92 Å². The summed E-state index contributed by atoms with van der Waals surface area (Å²) in [5, 5.41) is 13.8. The highest BCUT2D eigenvalue weighted by Crippen LogP contribution is 2.21. The Hall–Kier alpha value is -1.65. The Morgan fingerprint density at radius 3 is 2.59 bits per heavy atom. The number of anilines is 1. The predicted molar refractivity (Wildman–Crippen MR) is 68.2 cm³/mol. The van der Waals surface area contributed by atoms with E-state index in [-0.39, 0.29) is 11.1 Å². The lowest BCUT2D eigenvalue weighted by Crippen LogP contribution is -2.13. The molecule has 0 fully saturated rings. The first-order valence-corrected chi connectivity index (χ1v) is 5.64. The van der Waals surface area contributed by atoms with E-state index in [9.17, 15) is 10.1 Å². The van der Waals surface area contributed by atoms with Crippen molar-refractivity contribution in [3.05, 3.63) is 27.9 Å². The maximum Gasteiger partial charge on any atom is 0.290 e. The number of nitro groups is 1. The number of hydrogen-bond donors (Lipinski definition) is 1. The lowest BCUT2D eigenvalue weighted by atomic mass is 9.92. The Morgan fingerprint density at radius 1 is 1.47 bits per heavy atom. The third kappa shape index (κ3) is 4.38. The van der Waals surface area contributed by atoms with Crippen LogP contribution in [-0.2, 0) is 0 Å². The van der Waals surface area contributed by atoms with Crippen LogP contribution in [0.5, 0.6) is 0 Å². The number of aryl methyl sites for hydroxylation is 1. The first-order valence-electron chi connectivity index (χ1n) is 5.64. The molecule has 1 rings (SSSR count). The number of nitrogens with one attached hydrogen (secondary N) is 1. The number of aromatic nitrogens is 1. The van der Waals surface area contributed by atoms with Gasteiger partial charge >= 0.3 is 0 Å². The van der Waals surface area contributed by atoms with Gasteiger partial charge in [0.1, 0.15) is 12.0 Å². The van der Waals surface area contributed by atoms with E-state index in [4.69, 9.17) is 0 Å². The third-order valence-corrected chi connectivity index (χ3v) is 2.46. The van der Waals surface area contributed by atoms with E-state index >= 15 is 0 Å². The van der Waals surface area contributed by atoms with Crippen molar-refractivity contribution in [1.82, 2.24) is 4.98 Å². The van der Waals surface area contributed by atoms with E-state index in [0.717, 1.165) is 13.0 Å². The van der Waals surface area contributed by atoms with E-state index in [1.54, 1.807) is 13.0 Å². The Kier molecular flexibility index (Phi) is 4.04. The highest BCUT2D eigenvalue weighted by Gasteiger charge is 2.12. The minimum Gasteiger partial charge on any atom is -0.370 e. The summed E-state index contributed by atoms with van der Waals surface area (Å²) in [5.74, 6) is 0.692. The molecule has 1 N–H and O–H groups in total. The lowest BCUT2D eigenvalue weighted by Gasteiger charge is -2.18. The topological polar surface area (TPSA) is 68.1 Å². The molecule has 1 heterocycles. The van der Waals surface area contributed by atoms with Crippen LogP contribution in [0.25, 0.3) is 0 Å². The van der Waals surface area contributed by atoms with Crippen molar-refractivity contribution in [3.8, 4) is 0 Å². The molecule has 0 amide bonds. The number of pyridine rings is 1. The fourth-order valence-electron chi connectivity index (χ4n) is 1.40. The second kappa shape index (κ2) is 5.12. The summed E-state index contributed by atoms with van der Waals surface area (Å²) < 4.78 is 0. The fraction of sp³-hybridized carbons (Fsp3) is 0.583. The molecule has 0 aromatic carbocycles. The van der Waals surface area contributed by atoms with Crippen LogP contribution >= 0.6 is 0 Å². The van der Waals surface area contributed by atoms with Crippen molar-refractivity contribution in [3.63, 3.8) is 0 Å². The summed E-state index contributed by atoms with van der Waals surface area (Å²) in [4.78, 5) is 14.2. The zero-order chi connectivity index (χ0) is 13.1. The summed E-state index contributed by atoms with van der Waals surface area (Å²) in [6, 6.07) is 1.71. The first kappa shape index (κ1) is 13.4. The molecule has 0 bridgehead atoms. The van der Waals surface area contributed by atoms with Crippen LogP contribution in [0.1, 0.15) is 32.8 Å². The molecule has 5 nitrogen and oxygen atoms in total. The fourth-order valence-corrected chi connectivity index (χ4v) is 1.40. The van der Waals surface area contributed by atoms with Crippen LogP contribution in [0.4, 0.5) is 11.5 Å². The van der Waals surface area contributed by atoms with Crippen LogP contribution in [0, 0.1) is 22.5 Å². The largest absolute Gasteiger partial charge is 0.370 e. The second-order valence-corrected chi connectivity index (χ2v) is 5.35. The Bertz CT molecular complexity index is 411. The van der Waals surface area contributed by atoms with Gasteiger partial charge in [0.2, 0.25) is 0 Å². The minimum atomic E-state index is -0.415. The lowest BCUT2D eigenvalue weighted by molar-refractivity contribution is -0.385. The van der Waals surface area contributed by atoms with Crippen molar-refractivity contribution >= 4 is 11.5 Å². The molecule has 0 saturated carbocycles. The zero-order valence-electron chi connectivity index (χ0n) is 10.8. The van der Waals surface area contributed by atoms with E-state index in [0.29, 0.717) is 11.4 Å². The van der Waals surface area contributed by atoms with E-state index in [1.807, 2.05) is 0 Å². The minimum absolute atomic E-state index is 0.0615. The molecule has 0 saturated heterocycles. The Labute approximate surface area is 101 Å². The molecular weight excluding hydrogens is 218 g/mol. The highest BCUT2D eigenvalue weighted by molar-refractivity contribution is 5.46. The molecule has 0 aliphatic rings. The van der Waals surface area contributed by atoms with Crippen LogP contribution < -0.4 is 5.32 Å². The van der Waals surface area contributed by atoms with Crippen molar-refractivity contribution in [2.24, 2.45) is 5.41 Å². The van der Waals surface area contributed by atoms with Gasteiger partial charge < -0.3 is 5.32 Å². The summed E-state index contributed by atoms with van der Waals surface area (Å²) >= 11 is 0. The van der Waals surface area contributed by atoms with Gasteiger partial charge in [-0.15, -0.1) is 0 Å². The molecule has 0 aliphatic heterocycles. The van der Waals surface area contributed by atoms with Crippen LogP contribution in [0.3, 0.4) is 0 Å². The van der Waals surface area contributed by atoms with Gasteiger partial charge in [-0.3, -0.25) is 10.1 Å². The van der Waals surface area contributed by atoms with Gasteiger partial charge in [0.25, 0.3) is 5.69 Å². The summed E-state index contributed by atoms with van der Waals surface area (Å²) in [6.07, 6.45) is 2.32. The molecule has 94 valence electrons.